The summed E-state index contributed by atoms with van der Waals surface area (Å²) in [6.07, 6.45) is 6.72. The number of nitrogens with zero attached hydrogens (tertiary/aromatic N) is 1. The Hall–Kier alpha value is -1.18. The summed E-state index contributed by atoms with van der Waals surface area (Å²) in [7, 11) is 0. The number of rotatable bonds is 3. The van der Waals surface area contributed by atoms with Crippen molar-refractivity contribution in [2.45, 2.75) is 45.1 Å². The Bertz CT molecular complexity index is 396. The van der Waals surface area contributed by atoms with Crippen LogP contribution in [-0.4, -0.2) is 19.1 Å². The second-order valence-corrected chi connectivity index (χ2v) is 6.00. The molecule has 0 amide bonds. The Kier molecular flexibility index (Phi) is 3.44. The van der Waals surface area contributed by atoms with Crippen LogP contribution in [0, 0.1) is 5.92 Å². The summed E-state index contributed by atoms with van der Waals surface area (Å²) in [5.74, 6) is 0.893. The fourth-order valence-corrected chi connectivity index (χ4v) is 3.34. The van der Waals surface area contributed by atoms with E-state index in [0.717, 1.165) is 5.92 Å². The van der Waals surface area contributed by atoms with Crippen LogP contribution < -0.4 is 10.2 Å². The van der Waals surface area contributed by atoms with Crippen molar-refractivity contribution < 1.29 is 0 Å². The molecular weight excluding hydrogens is 220 g/mol. The van der Waals surface area contributed by atoms with E-state index in [1.165, 1.54) is 56.6 Å². The molecule has 1 aromatic rings. The molecule has 1 aliphatic heterocycles. The van der Waals surface area contributed by atoms with Crippen molar-refractivity contribution in [3.63, 3.8) is 0 Å². The van der Waals surface area contributed by atoms with Gasteiger partial charge in [0.25, 0.3) is 0 Å². The monoisotopic (exact) mass is 244 g/mol. The molecule has 1 aromatic carbocycles. The number of hydrogen-bond donors (Lipinski definition) is 1. The summed E-state index contributed by atoms with van der Waals surface area (Å²) in [4.78, 5) is 2.50. The number of hydrogen-bond acceptors (Lipinski definition) is 2. The van der Waals surface area contributed by atoms with Gasteiger partial charge in [-0.05, 0) is 56.2 Å². The minimum atomic E-state index is 0.689. The maximum atomic E-state index is 3.71. The summed E-state index contributed by atoms with van der Waals surface area (Å²) >= 11 is 0. The van der Waals surface area contributed by atoms with Crippen molar-refractivity contribution in [1.29, 1.82) is 0 Å². The van der Waals surface area contributed by atoms with Crippen LogP contribution in [0.2, 0.25) is 0 Å². The van der Waals surface area contributed by atoms with E-state index in [-0.39, 0.29) is 0 Å². The molecule has 3 rings (SSSR count). The molecule has 1 heterocycles. The first-order valence-electron chi connectivity index (χ1n) is 7.43. The minimum Gasteiger partial charge on any atom is -0.382 e. The average molecular weight is 244 g/mol. The van der Waals surface area contributed by atoms with Crippen LogP contribution >= 0.6 is 0 Å². The molecule has 98 valence electrons. The third-order valence-electron chi connectivity index (χ3n) is 4.38. The fourth-order valence-electron chi connectivity index (χ4n) is 3.34. The van der Waals surface area contributed by atoms with Gasteiger partial charge in [-0.1, -0.05) is 13.0 Å². The Balaban J connectivity index is 1.66. The van der Waals surface area contributed by atoms with Crippen LogP contribution in [0.15, 0.2) is 24.3 Å². The second-order valence-electron chi connectivity index (χ2n) is 6.00. The molecule has 1 N–H and O–H groups in total. The van der Waals surface area contributed by atoms with Gasteiger partial charge in [0.15, 0.2) is 0 Å². The lowest BCUT2D eigenvalue weighted by Gasteiger charge is -2.20. The molecule has 0 radical (unpaired) electrons. The average Bonchev–Trinajstić information content (AvgIpc) is 3.01. The molecular formula is C16H24N2. The van der Waals surface area contributed by atoms with E-state index in [1.807, 2.05) is 0 Å². The fraction of sp³-hybridized carbons (Fsp3) is 0.625. The molecule has 0 spiro atoms. The first kappa shape index (κ1) is 11.9. The second kappa shape index (κ2) is 5.21. The van der Waals surface area contributed by atoms with Gasteiger partial charge in [0.2, 0.25) is 0 Å². The lowest BCUT2D eigenvalue weighted by molar-refractivity contribution is 0.602. The predicted molar refractivity (Wildman–Crippen MR) is 78.3 cm³/mol. The quantitative estimate of drug-likeness (QED) is 0.868. The molecule has 18 heavy (non-hydrogen) atoms. The zero-order chi connectivity index (χ0) is 12.4. The summed E-state index contributed by atoms with van der Waals surface area (Å²) in [5.41, 5.74) is 2.70. The Morgan fingerprint density at radius 3 is 2.72 bits per heavy atom. The first-order chi connectivity index (χ1) is 8.81. The van der Waals surface area contributed by atoms with Crippen LogP contribution in [0.3, 0.4) is 0 Å². The Morgan fingerprint density at radius 1 is 1.17 bits per heavy atom. The van der Waals surface area contributed by atoms with Crippen LogP contribution in [0.5, 0.6) is 0 Å². The number of anilines is 2. The van der Waals surface area contributed by atoms with Gasteiger partial charge in [0.1, 0.15) is 0 Å². The van der Waals surface area contributed by atoms with Crippen molar-refractivity contribution >= 4 is 11.4 Å². The molecule has 1 aliphatic carbocycles. The Morgan fingerprint density at radius 2 is 2.00 bits per heavy atom. The first-order valence-corrected chi connectivity index (χ1v) is 7.43. The van der Waals surface area contributed by atoms with Gasteiger partial charge < -0.3 is 10.2 Å². The maximum Gasteiger partial charge on any atom is 0.0386 e. The van der Waals surface area contributed by atoms with Gasteiger partial charge in [-0.3, -0.25) is 0 Å². The van der Waals surface area contributed by atoms with Crippen molar-refractivity contribution in [2.75, 3.05) is 23.3 Å². The van der Waals surface area contributed by atoms with Crippen molar-refractivity contribution in [2.24, 2.45) is 5.92 Å². The van der Waals surface area contributed by atoms with Gasteiger partial charge in [-0.2, -0.15) is 0 Å². The van der Waals surface area contributed by atoms with E-state index in [4.69, 9.17) is 0 Å². The lowest BCUT2D eigenvalue weighted by Crippen LogP contribution is -2.19. The summed E-state index contributed by atoms with van der Waals surface area (Å²) in [6, 6.07) is 9.66. The van der Waals surface area contributed by atoms with Gasteiger partial charge in [-0.15, -0.1) is 0 Å². The molecule has 1 saturated carbocycles. The van der Waals surface area contributed by atoms with E-state index < -0.39 is 0 Å². The molecule has 0 bridgehead atoms. The van der Waals surface area contributed by atoms with E-state index in [0.29, 0.717) is 6.04 Å². The zero-order valence-corrected chi connectivity index (χ0v) is 11.4. The topological polar surface area (TPSA) is 15.3 Å². The summed E-state index contributed by atoms with van der Waals surface area (Å²) < 4.78 is 0. The SMILES string of the molecule is CC1CCC(Nc2cccc(N3CCCC3)c2)C1. The van der Waals surface area contributed by atoms with Crippen LogP contribution in [-0.2, 0) is 0 Å². The minimum absolute atomic E-state index is 0.689. The molecule has 2 heteroatoms. The van der Waals surface area contributed by atoms with E-state index in [1.54, 1.807) is 0 Å². The molecule has 0 aromatic heterocycles. The van der Waals surface area contributed by atoms with Crippen LogP contribution in [0.25, 0.3) is 0 Å². The van der Waals surface area contributed by atoms with Crippen LogP contribution in [0.4, 0.5) is 11.4 Å². The summed E-state index contributed by atoms with van der Waals surface area (Å²) in [5, 5.41) is 3.71. The number of nitrogens with one attached hydrogen (secondary N) is 1. The van der Waals surface area contributed by atoms with Gasteiger partial charge in [-0.25, -0.2) is 0 Å². The Labute approximate surface area is 110 Å². The van der Waals surface area contributed by atoms with Crippen molar-refractivity contribution in [3.05, 3.63) is 24.3 Å². The molecule has 2 unspecified atom stereocenters. The van der Waals surface area contributed by atoms with Gasteiger partial charge in [0, 0.05) is 30.5 Å². The molecule has 2 fully saturated rings. The van der Waals surface area contributed by atoms with Gasteiger partial charge >= 0.3 is 0 Å². The third kappa shape index (κ3) is 2.63. The molecule has 2 atom stereocenters. The highest BCUT2D eigenvalue weighted by molar-refractivity contribution is 5.58. The normalized spacial score (nSPS) is 27.7. The number of benzene rings is 1. The largest absolute Gasteiger partial charge is 0.382 e. The highest BCUT2D eigenvalue weighted by Crippen LogP contribution is 2.29. The smallest absolute Gasteiger partial charge is 0.0386 e. The summed E-state index contributed by atoms with van der Waals surface area (Å²) in [6.45, 7) is 4.82. The molecule has 2 aliphatic rings. The standard InChI is InChI=1S/C16H24N2/c1-13-7-8-15(11-13)17-14-5-4-6-16(12-14)18-9-2-3-10-18/h4-6,12-13,15,17H,2-3,7-11H2,1H3. The maximum absolute atomic E-state index is 3.71. The highest BCUT2D eigenvalue weighted by atomic mass is 15.1. The van der Waals surface area contributed by atoms with Crippen LogP contribution in [0.1, 0.15) is 39.0 Å². The lowest BCUT2D eigenvalue weighted by atomic mass is 10.1. The van der Waals surface area contributed by atoms with E-state index >= 15 is 0 Å². The molecule has 2 nitrogen and oxygen atoms in total. The zero-order valence-electron chi connectivity index (χ0n) is 11.4. The van der Waals surface area contributed by atoms with Gasteiger partial charge in [0.05, 0.1) is 0 Å². The van der Waals surface area contributed by atoms with E-state index in [9.17, 15) is 0 Å². The highest BCUT2D eigenvalue weighted by Gasteiger charge is 2.21. The van der Waals surface area contributed by atoms with Crippen molar-refractivity contribution in [3.8, 4) is 0 Å². The predicted octanol–water partition coefficient (Wildman–Crippen LogP) is 3.89. The molecule has 1 saturated heterocycles. The van der Waals surface area contributed by atoms with Crippen molar-refractivity contribution in [1.82, 2.24) is 0 Å². The third-order valence-corrected chi connectivity index (χ3v) is 4.38. The van der Waals surface area contributed by atoms with E-state index in [2.05, 4.69) is 41.4 Å².